The molecule has 0 unspecified atom stereocenters. The molecule has 0 bridgehead atoms. The molecular weight excluding hydrogens is 412 g/mol. The van der Waals surface area contributed by atoms with Crippen molar-refractivity contribution in [3.05, 3.63) is 59.3 Å². The number of fused-ring (bicyclic) bond motifs is 1. The first-order chi connectivity index (χ1) is 16.1. The Hall–Kier alpha value is -2.44. The Bertz CT molecular complexity index is 904. The summed E-state index contributed by atoms with van der Waals surface area (Å²) in [5, 5.41) is 12.9. The molecule has 6 heteroatoms. The summed E-state index contributed by atoms with van der Waals surface area (Å²) >= 11 is 0. The summed E-state index contributed by atoms with van der Waals surface area (Å²) in [6.45, 7) is 5.11. The Balaban J connectivity index is 1.27. The highest BCUT2D eigenvalue weighted by atomic mass is 16.4. The molecule has 2 aromatic rings. The predicted molar refractivity (Wildman–Crippen MR) is 133 cm³/mol. The van der Waals surface area contributed by atoms with Crippen LogP contribution in [0.4, 0.5) is 5.82 Å². The maximum atomic E-state index is 11.5. The number of likely N-dealkylation sites (tertiary alicyclic amines) is 1. The number of carboxylic acid groups (broad SMARTS) is 1. The van der Waals surface area contributed by atoms with Crippen molar-refractivity contribution >= 4 is 11.8 Å². The fraction of sp³-hybridized carbons (Fsp3) is 0.556. The molecule has 2 aliphatic rings. The first-order valence-electron chi connectivity index (χ1n) is 12.5. The summed E-state index contributed by atoms with van der Waals surface area (Å²) in [7, 11) is 2.16. The molecule has 33 heavy (non-hydrogen) atoms. The summed E-state index contributed by atoms with van der Waals surface area (Å²) in [5.41, 5.74) is 3.66. The second kappa shape index (κ2) is 11.6. The van der Waals surface area contributed by atoms with Crippen molar-refractivity contribution in [2.24, 2.45) is 0 Å². The van der Waals surface area contributed by atoms with Crippen LogP contribution in [-0.4, -0.2) is 71.7 Å². The quantitative estimate of drug-likeness (QED) is 0.570. The topological polar surface area (TPSA) is 68.7 Å². The molecule has 4 rings (SSSR count). The van der Waals surface area contributed by atoms with Crippen molar-refractivity contribution < 1.29 is 9.90 Å². The number of benzene rings is 1. The van der Waals surface area contributed by atoms with Gasteiger partial charge >= 0.3 is 5.97 Å². The number of carbonyl (C=O) groups is 1. The lowest BCUT2D eigenvalue weighted by molar-refractivity contribution is -0.137. The summed E-state index contributed by atoms with van der Waals surface area (Å²) in [6.07, 6.45) is 7.02. The molecule has 6 nitrogen and oxygen atoms in total. The van der Waals surface area contributed by atoms with Crippen LogP contribution in [0.2, 0.25) is 0 Å². The highest BCUT2D eigenvalue weighted by Crippen LogP contribution is 2.24. The fourth-order valence-corrected chi connectivity index (χ4v) is 5.31. The van der Waals surface area contributed by atoms with Gasteiger partial charge in [0.25, 0.3) is 0 Å². The van der Waals surface area contributed by atoms with E-state index in [2.05, 4.69) is 46.4 Å². The number of anilines is 1. The van der Waals surface area contributed by atoms with Crippen molar-refractivity contribution in [3.8, 4) is 0 Å². The molecule has 3 heterocycles. The van der Waals surface area contributed by atoms with Gasteiger partial charge in [-0.3, -0.25) is 4.79 Å². The van der Waals surface area contributed by atoms with Gasteiger partial charge in [-0.05, 0) is 75.9 Å². The number of hydrogen-bond acceptors (Lipinski definition) is 5. The van der Waals surface area contributed by atoms with E-state index in [-0.39, 0.29) is 12.3 Å². The van der Waals surface area contributed by atoms with Crippen molar-refractivity contribution in [3.63, 3.8) is 0 Å². The van der Waals surface area contributed by atoms with Gasteiger partial charge in [0, 0.05) is 37.3 Å². The minimum atomic E-state index is -0.728. The SMILES string of the molecule is CN(C[C@@H](CC(=O)O)c1ccccc1)[C@@H]1CCCN(CCCc2ccc3c(n2)NCCC3)C1. The zero-order valence-corrected chi connectivity index (χ0v) is 19.9. The average molecular weight is 451 g/mol. The molecule has 0 radical (unpaired) electrons. The van der Waals surface area contributed by atoms with E-state index >= 15 is 0 Å². The number of nitrogens with one attached hydrogen (secondary N) is 1. The van der Waals surface area contributed by atoms with E-state index < -0.39 is 5.97 Å². The lowest BCUT2D eigenvalue weighted by Crippen LogP contribution is -2.47. The number of nitrogens with zero attached hydrogens (tertiary/aromatic N) is 3. The van der Waals surface area contributed by atoms with Crippen molar-refractivity contribution in [1.29, 1.82) is 0 Å². The Kier molecular flexibility index (Phi) is 8.35. The maximum absolute atomic E-state index is 11.5. The van der Waals surface area contributed by atoms with Crippen LogP contribution < -0.4 is 5.32 Å². The Morgan fingerprint density at radius 2 is 2.09 bits per heavy atom. The van der Waals surface area contributed by atoms with E-state index in [9.17, 15) is 9.90 Å². The first-order valence-corrected chi connectivity index (χ1v) is 12.5. The van der Waals surface area contributed by atoms with E-state index in [0.29, 0.717) is 6.04 Å². The summed E-state index contributed by atoms with van der Waals surface area (Å²) in [5.74, 6) is 0.383. The Labute approximate surface area is 198 Å². The molecule has 0 amide bonds. The summed E-state index contributed by atoms with van der Waals surface area (Å²) < 4.78 is 0. The van der Waals surface area contributed by atoms with E-state index in [1.54, 1.807) is 0 Å². The van der Waals surface area contributed by atoms with Gasteiger partial charge in [0.1, 0.15) is 5.82 Å². The minimum Gasteiger partial charge on any atom is -0.481 e. The second-order valence-electron chi connectivity index (χ2n) is 9.69. The third kappa shape index (κ3) is 6.78. The molecule has 1 saturated heterocycles. The third-order valence-electron chi connectivity index (χ3n) is 7.16. The molecule has 0 aliphatic carbocycles. The largest absolute Gasteiger partial charge is 0.481 e. The molecular formula is C27H38N4O2. The minimum absolute atomic E-state index is 0.0211. The molecule has 0 saturated carbocycles. The van der Waals surface area contributed by atoms with Gasteiger partial charge in [0.05, 0.1) is 6.42 Å². The van der Waals surface area contributed by atoms with Crippen LogP contribution in [0.5, 0.6) is 0 Å². The van der Waals surface area contributed by atoms with Gasteiger partial charge in [0.15, 0.2) is 0 Å². The van der Waals surface area contributed by atoms with Crippen molar-refractivity contribution in [2.45, 2.75) is 56.9 Å². The molecule has 178 valence electrons. The van der Waals surface area contributed by atoms with Gasteiger partial charge in [-0.1, -0.05) is 36.4 Å². The zero-order valence-electron chi connectivity index (χ0n) is 19.9. The number of piperidine rings is 1. The number of rotatable bonds is 10. The van der Waals surface area contributed by atoms with Crippen LogP contribution in [0, 0.1) is 0 Å². The monoisotopic (exact) mass is 450 g/mol. The number of aliphatic carboxylic acids is 1. The molecule has 1 fully saturated rings. The van der Waals surface area contributed by atoms with Crippen molar-refractivity contribution in [2.75, 3.05) is 45.1 Å². The van der Waals surface area contributed by atoms with Crippen LogP contribution in [0.3, 0.4) is 0 Å². The smallest absolute Gasteiger partial charge is 0.304 e. The summed E-state index contributed by atoms with van der Waals surface area (Å²) in [4.78, 5) is 21.3. The van der Waals surface area contributed by atoms with Crippen LogP contribution in [0.1, 0.15) is 54.8 Å². The van der Waals surface area contributed by atoms with Crippen LogP contribution in [-0.2, 0) is 17.6 Å². The molecule has 1 aromatic heterocycles. The number of carboxylic acids is 1. The van der Waals surface area contributed by atoms with Crippen LogP contribution in [0.15, 0.2) is 42.5 Å². The fourth-order valence-electron chi connectivity index (χ4n) is 5.31. The lowest BCUT2D eigenvalue weighted by Gasteiger charge is -2.39. The van der Waals surface area contributed by atoms with Gasteiger partial charge < -0.3 is 20.2 Å². The highest BCUT2D eigenvalue weighted by Gasteiger charge is 2.26. The number of aromatic nitrogens is 1. The molecule has 2 N–H and O–H groups in total. The number of likely N-dealkylation sites (N-methyl/N-ethyl adjacent to an activating group) is 1. The maximum Gasteiger partial charge on any atom is 0.304 e. The zero-order chi connectivity index (χ0) is 23.0. The standard InChI is InChI=1S/C27H38N4O2/c1-30(19-23(18-26(32)33)21-8-3-2-4-9-21)25-12-7-17-31(20-25)16-6-11-24-14-13-22-10-5-15-28-27(22)29-24/h2-4,8-9,13-14,23,25H,5-7,10-12,15-20H2,1H3,(H,28,29)(H,32,33)/t23-,25-/m1/s1. The average Bonchev–Trinajstić information content (AvgIpc) is 2.84. The van der Waals surface area contributed by atoms with Gasteiger partial charge in [-0.2, -0.15) is 0 Å². The lowest BCUT2D eigenvalue weighted by atomic mass is 9.94. The highest BCUT2D eigenvalue weighted by molar-refractivity contribution is 5.68. The molecule has 2 aliphatic heterocycles. The number of hydrogen-bond donors (Lipinski definition) is 2. The van der Waals surface area contributed by atoms with Gasteiger partial charge in [-0.15, -0.1) is 0 Å². The van der Waals surface area contributed by atoms with E-state index in [1.165, 1.54) is 30.5 Å². The Morgan fingerprint density at radius 1 is 1.24 bits per heavy atom. The van der Waals surface area contributed by atoms with E-state index in [4.69, 9.17) is 4.98 Å². The summed E-state index contributed by atoms with van der Waals surface area (Å²) in [6, 6.07) is 15.0. The number of pyridine rings is 1. The van der Waals surface area contributed by atoms with Gasteiger partial charge in [0.2, 0.25) is 0 Å². The molecule has 1 aromatic carbocycles. The number of aryl methyl sites for hydroxylation is 2. The van der Waals surface area contributed by atoms with E-state index in [0.717, 1.165) is 63.4 Å². The second-order valence-corrected chi connectivity index (χ2v) is 9.69. The van der Waals surface area contributed by atoms with E-state index in [1.807, 2.05) is 18.2 Å². The third-order valence-corrected chi connectivity index (χ3v) is 7.16. The van der Waals surface area contributed by atoms with Gasteiger partial charge in [-0.25, -0.2) is 4.98 Å². The predicted octanol–water partition coefficient (Wildman–Crippen LogP) is 4.03. The Morgan fingerprint density at radius 3 is 2.91 bits per heavy atom. The van der Waals surface area contributed by atoms with Crippen molar-refractivity contribution in [1.82, 2.24) is 14.8 Å². The molecule has 0 spiro atoms. The van der Waals surface area contributed by atoms with Crippen LogP contribution >= 0.6 is 0 Å². The normalized spacial score (nSPS) is 19.6. The molecule has 2 atom stereocenters. The van der Waals surface area contributed by atoms with Crippen LogP contribution in [0.25, 0.3) is 0 Å². The first kappa shape index (κ1) is 23.7.